The zero-order chi connectivity index (χ0) is 12.1. The van der Waals surface area contributed by atoms with E-state index in [0.717, 1.165) is 13.1 Å². The molecule has 1 aliphatic rings. The van der Waals surface area contributed by atoms with Crippen molar-refractivity contribution < 1.29 is 0 Å². The Morgan fingerprint density at radius 1 is 1.28 bits per heavy atom. The molecule has 1 aromatic carbocycles. The largest absolute Gasteiger partial charge is 0.370 e. The molecule has 1 aromatic rings. The second-order valence-electron chi connectivity index (χ2n) is 4.01. The number of nitrogens with one attached hydrogen (secondary N) is 1. The molecule has 2 rings (SSSR count). The van der Waals surface area contributed by atoms with Crippen LogP contribution in [0.25, 0.3) is 0 Å². The third-order valence-corrected chi connectivity index (χ3v) is 2.83. The molecule has 0 bridgehead atoms. The van der Waals surface area contributed by atoms with E-state index in [2.05, 4.69) is 51.6 Å². The van der Waals surface area contributed by atoms with Crippen molar-refractivity contribution in [2.45, 2.75) is 6.54 Å². The van der Waals surface area contributed by atoms with Crippen LogP contribution in [-0.4, -0.2) is 26.1 Å². The summed E-state index contributed by atoms with van der Waals surface area (Å²) in [6.45, 7) is 2.72. The number of nitrogens with two attached hydrogens (primary N) is 1. The highest BCUT2D eigenvalue weighted by molar-refractivity contribution is 14.0. The lowest BCUT2D eigenvalue weighted by molar-refractivity contribution is 0.899. The number of benzene rings is 1. The molecule has 98 valence electrons. The molecule has 0 saturated carbocycles. The molecule has 18 heavy (non-hydrogen) atoms. The topological polar surface area (TPSA) is 53.6 Å². The van der Waals surface area contributed by atoms with Gasteiger partial charge in [0, 0.05) is 32.4 Å². The first-order valence-electron chi connectivity index (χ1n) is 5.74. The first kappa shape index (κ1) is 14.8. The number of hydrogen-bond acceptors (Lipinski definition) is 2. The molecule has 0 amide bonds. The third-order valence-electron chi connectivity index (χ3n) is 2.83. The Labute approximate surface area is 125 Å². The van der Waals surface area contributed by atoms with Gasteiger partial charge in [0.15, 0.2) is 5.96 Å². The maximum atomic E-state index is 5.57. The molecule has 0 aromatic heterocycles. The van der Waals surface area contributed by atoms with E-state index in [1.54, 1.807) is 7.05 Å². The Morgan fingerprint density at radius 3 is 2.44 bits per heavy atom. The van der Waals surface area contributed by atoms with Gasteiger partial charge in [-0.1, -0.05) is 24.3 Å². The van der Waals surface area contributed by atoms with Gasteiger partial charge >= 0.3 is 0 Å². The summed E-state index contributed by atoms with van der Waals surface area (Å²) in [5.74, 6) is 0.470. The second kappa shape index (κ2) is 7.25. The minimum absolute atomic E-state index is 0. The highest BCUT2D eigenvalue weighted by Crippen LogP contribution is 2.17. The molecule has 0 fully saturated rings. The summed E-state index contributed by atoms with van der Waals surface area (Å²) in [4.78, 5) is 6.17. The van der Waals surface area contributed by atoms with Crippen molar-refractivity contribution in [3.8, 4) is 0 Å². The smallest absolute Gasteiger partial charge is 0.188 e. The number of aliphatic imine (C=N–C) groups is 1. The minimum atomic E-state index is 0. The van der Waals surface area contributed by atoms with E-state index < -0.39 is 0 Å². The van der Waals surface area contributed by atoms with Gasteiger partial charge in [-0.15, -0.1) is 24.0 Å². The van der Waals surface area contributed by atoms with E-state index in [1.165, 1.54) is 11.3 Å². The van der Waals surface area contributed by atoms with Gasteiger partial charge in [-0.3, -0.25) is 4.99 Å². The van der Waals surface area contributed by atoms with Crippen LogP contribution in [0.5, 0.6) is 0 Å². The first-order chi connectivity index (χ1) is 8.29. The van der Waals surface area contributed by atoms with Gasteiger partial charge in [0.1, 0.15) is 0 Å². The summed E-state index contributed by atoms with van der Waals surface area (Å²) in [5.41, 5.74) is 8.03. The van der Waals surface area contributed by atoms with Crippen LogP contribution >= 0.6 is 24.0 Å². The molecular formula is C13H19IN4. The summed E-state index contributed by atoms with van der Waals surface area (Å²) in [6, 6.07) is 8.51. The highest BCUT2D eigenvalue weighted by Gasteiger charge is 2.06. The van der Waals surface area contributed by atoms with Crippen LogP contribution in [0.4, 0.5) is 5.69 Å². The van der Waals surface area contributed by atoms with Gasteiger partial charge in [0.25, 0.3) is 0 Å². The van der Waals surface area contributed by atoms with Gasteiger partial charge in [0.2, 0.25) is 0 Å². The number of hydrogen-bond donors (Lipinski definition) is 2. The van der Waals surface area contributed by atoms with Crippen molar-refractivity contribution in [2.24, 2.45) is 10.7 Å². The molecule has 0 radical (unpaired) electrons. The van der Waals surface area contributed by atoms with Crippen molar-refractivity contribution >= 4 is 35.6 Å². The molecule has 0 aliphatic carbocycles. The van der Waals surface area contributed by atoms with Crippen LogP contribution in [0, 0.1) is 0 Å². The zero-order valence-electron chi connectivity index (χ0n) is 10.5. The lowest BCUT2D eigenvalue weighted by Crippen LogP contribution is -2.30. The fraction of sp³-hybridized carbons (Fsp3) is 0.308. The second-order valence-corrected chi connectivity index (χ2v) is 4.01. The Kier molecular flexibility index (Phi) is 5.97. The summed E-state index contributed by atoms with van der Waals surface area (Å²) in [6.07, 6.45) is 4.38. The van der Waals surface area contributed by atoms with Crippen molar-refractivity contribution in [3.63, 3.8) is 0 Å². The molecule has 0 atom stereocenters. The number of rotatable bonds is 3. The van der Waals surface area contributed by atoms with E-state index in [0.29, 0.717) is 12.5 Å². The number of halogens is 1. The Bertz CT molecular complexity index is 417. The monoisotopic (exact) mass is 358 g/mol. The van der Waals surface area contributed by atoms with E-state index in [9.17, 15) is 0 Å². The van der Waals surface area contributed by atoms with E-state index in [-0.39, 0.29) is 24.0 Å². The standard InChI is InChI=1S/C13H18N4.HI/c1-15-13(14)16-10-11-4-6-12(7-5-11)17-8-2-3-9-17;/h2-7H,8-10H2,1H3,(H3,14,15,16);1H. The third kappa shape index (κ3) is 3.90. The van der Waals surface area contributed by atoms with Crippen LogP contribution < -0.4 is 16.0 Å². The number of anilines is 1. The van der Waals surface area contributed by atoms with E-state index in [4.69, 9.17) is 5.73 Å². The van der Waals surface area contributed by atoms with Crippen LogP contribution in [0.3, 0.4) is 0 Å². The summed E-state index contributed by atoms with van der Waals surface area (Å²) >= 11 is 0. The normalized spacial score (nSPS) is 14.5. The van der Waals surface area contributed by atoms with Crippen molar-refractivity contribution in [2.75, 3.05) is 25.0 Å². The maximum absolute atomic E-state index is 5.57. The lowest BCUT2D eigenvalue weighted by atomic mass is 10.2. The fourth-order valence-electron chi connectivity index (χ4n) is 1.79. The molecule has 1 aliphatic heterocycles. The van der Waals surface area contributed by atoms with Crippen molar-refractivity contribution in [1.82, 2.24) is 5.32 Å². The predicted molar refractivity (Wildman–Crippen MR) is 87.6 cm³/mol. The molecule has 0 saturated heterocycles. The molecule has 0 unspecified atom stereocenters. The number of nitrogens with zero attached hydrogens (tertiary/aromatic N) is 2. The van der Waals surface area contributed by atoms with Gasteiger partial charge in [-0.05, 0) is 17.7 Å². The predicted octanol–water partition coefficient (Wildman–Crippen LogP) is 1.71. The Morgan fingerprint density at radius 2 is 1.89 bits per heavy atom. The molecule has 3 N–H and O–H groups in total. The summed E-state index contributed by atoms with van der Waals surface area (Å²) in [7, 11) is 1.67. The zero-order valence-corrected chi connectivity index (χ0v) is 12.8. The number of guanidine groups is 1. The average molecular weight is 358 g/mol. The summed E-state index contributed by atoms with van der Waals surface area (Å²) in [5, 5.41) is 3.04. The lowest BCUT2D eigenvalue weighted by Gasteiger charge is -2.17. The first-order valence-corrected chi connectivity index (χ1v) is 5.74. The van der Waals surface area contributed by atoms with Crippen molar-refractivity contribution in [1.29, 1.82) is 0 Å². The van der Waals surface area contributed by atoms with Gasteiger partial charge in [-0.25, -0.2) is 0 Å². The molecule has 1 heterocycles. The van der Waals surface area contributed by atoms with Crippen LogP contribution in [0.15, 0.2) is 41.4 Å². The van der Waals surface area contributed by atoms with Crippen LogP contribution in [0.2, 0.25) is 0 Å². The SMILES string of the molecule is CN=C(N)NCc1ccc(N2CC=CC2)cc1.I. The van der Waals surface area contributed by atoms with Gasteiger partial charge in [0.05, 0.1) is 0 Å². The van der Waals surface area contributed by atoms with Crippen molar-refractivity contribution in [3.05, 3.63) is 42.0 Å². The quantitative estimate of drug-likeness (QED) is 0.374. The van der Waals surface area contributed by atoms with Gasteiger partial charge < -0.3 is 16.0 Å². The minimum Gasteiger partial charge on any atom is -0.370 e. The Hall–Kier alpha value is -1.24. The Balaban J connectivity index is 0.00000162. The van der Waals surface area contributed by atoms with Crippen LogP contribution in [0.1, 0.15) is 5.56 Å². The van der Waals surface area contributed by atoms with E-state index in [1.807, 2.05) is 0 Å². The van der Waals surface area contributed by atoms with Crippen LogP contribution in [-0.2, 0) is 6.54 Å². The average Bonchev–Trinajstić information content (AvgIpc) is 2.90. The summed E-state index contributed by atoms with van der Waals surface area (Å²) < 4.78 is 0. The fourth-order valence-corrected chi connectivity index (χ4v) is 1.79. The van der Waals surface area contributed by atoms with E-state index >= 15 is 0 Å². The molecule has 5 heteroatoms. The van der Waals surface area contributed by atoms with Gasteiger partial charge in [-0.2, -0.15) is 0 Å². The highest BCUT2D eigenvalue weighted by atomic mass is 127. The maximum Gasteiger partial charge on any atom is 0.188 e. The molecule has 4 nitrogen and oxygen atoms in total. The molecule has 0 spiro atoms. The molecular weight excluding hydrogens is 339 g/mol.